The summed E-state index contributed by atoms with van der Waals surface area (Å²) in [5, 5.41) is 4.31. The quantitative estimate of drug-likeness (QED) is 0.765. The molecule has 0 amide bonds. The number of aromatic nitrogens is 3. The van der Waals surface area contributed by atoms with Crippen LogP contribution in [0.1, 0.15) is 17.4 Å². The van der Waals surface area contributed by atoms with Crippen LogP contribution in [0, 0.1) is 12.7 Å². The van der Waals surface area contributed by atoms with E-state index in [2.05, 4.69) is 24.9 Å². The van der Waals surface area contributed by atoms with Crippen molar-refractivity contribution in [3.8, 4) is 0 Å². The second-order valence-electron chi connectivity index (χ2n) is 6.60. The molecule has 26 heavy (non-hydrogen) atoms. The number of benzene rings is 1. The number of fused-ring (bicyclic) bond motifs is 1. The summed E-state index contributed by atoms with van der Waals surface area (Å²) in [6.07, 6.45) is 0. The van der Waals surface area contributed by atoms with Gasteiger partial charge in [0.15, 0.2) is 11.3 Å². The van der Waals surface area contributed by atoms with Gasteiger partial charge >= 0.3 is 0 Å². The highest BCUT2D eigenvalue weighted by atomic mass is 19.1. The van der Waals surface area contributed by atoms with Gasteiger partial charge in [0.25, 0.3) is 0 Å². The van der Waals surface area contributed by atoms with Crippen molar-refractivity contribution in [3.05, 3.63) is 57.7 Å². The normalized spacial score (nSPS) is 16.4. The molecular weight excluding hydrogens is 337 g/mol. The van der Waals surface area contributed by atoms with Crippen LogP contribution < -0.4 is 5.43 Å². The maximum absolute atomic E-state index is 14.0. The number of halogens is 1. The molecule has 136 valence electrons. The molecule has 1 aromatic carbocycles. The van der Waals surface area contributed by atoms with Crippen molar-refractivity contribution in [2.75, 3.05) is 26.2 Å². The first-order valence-corrected chi connectivity index (χ1v) is 8.63. The molecule has 1 aliphatic heterocycles. The zero-order valence-corrected chi connectivity index (χ0v) is 14.5. The Balaban J connectivity index is 1.40. The number of para-hydroxylation sites is 1. The van der Waals surface area contributed by atoms with Crippen molar-refractivity contribution >= 4 is 10.9 Å². The SMILES string of the molecule is Cc1nc(CN2CCN(Cc3cc(=O)c4cccc(F)c4[nH]3)CC2)no1. The van der Waals surface area contributed by atoms with E-state index in [0.29, 0.717) is 30.2 Å². The van der Waals surface area contributed by atoms with Gasteiger partial charge in [0.2, 0.25) is 5.89 Å². The van der Waals surface area contributed by atoms with Crippen molar-refractivity contribution in [3.63, 3.8) is 0 Å². The Morgan fingerprint density at radius 1 is 1.19 bits per heavy atom. The molecule has 1 fully saturated rings. The standard InChI is InChI=1S/C18H20FN5O2/c1-12-20-17(22-26-12)11-24-7-5-23(6-8-24)10-13-9-16(25)14-3-2-4-15(19)18(14)21-13/h2-4,9H,5-8,10-11H2,1H3,(H,21,25). The molecule has 1 saturated heterocycles. The number of rotatable bonds is 4. The number of piperazine rings is 1. The fraction of sp³-hybridized carbons (Fsp3) is 0.389. The molecule has 3 heterocycles. The molecule has 0 radical (unpaired) electrons. The highest BCUT2D eigenvalue weighted by molar-refractivity contribution is 5.78. The van der Waals surface area contributed by atoms with Gasteiger partial charge in [0.1, 0.15) is 5.82 Å². The van der Waals surface area contributed by atoms with Crippen molar-refractivity contribution in [1.82, 2.24) is 24.9 Å². The average molecular weight is 357 g/mol. The zero-order valence-electron chi connectivity index (χ0n) is 14.5. The summed E-state index contributed by atoms with van der Waals surface area (Å²) in [4.78, 5) is 24.0. The molecule has 1 aliphatic rings. The lowest BCUT2D eigenvalue weighted by molar-refractivity contribution is 0.118. The largest absolute Gasteiger partial charge is 0.355 e. The predicted octanol–water partition coefficient (Wildman–Crippen LogP) is 1.68. The molecule has 0 spiro atoms. The molecule has 0 aliphatic carbocycles. The monoisotopic (exact) mass is 357 g/mol. The van der Waals surface area contributed by atoms with E-state index < -0.39 is 5.82 Å². The smallest absolute Gasteiger partial charge is 0.223 e. The van der Waals surface area contributed by atoms with E-state index >= 15 is 0 Å². The Hall–Kier alpha value is -2.58. The third-order valence-corrected chi connectivity index (χ3v) is 4.66. The lowest BCUT2D eigenvalue weighted by Crippen LogP contribution is -2.45. The number of aryl methyl sites for hydroxylation is 1. The molecule has 0 bridgehead atoms. The Morgan fingerprint density at radius 2 is 1.92 bits per heavy atom. The van der Waals surface area contributed by atoms with E-state index in [-0.39, 0.29) is 10.9 Å². The van der Waals surface area contributed by atoms with E-state index in [0.717, 1.165) is 31.9 Å². The van der Waals surface area contributed by atoms with Crippen molar-refractivity contribution < 1.29 is 8.91 Å². The topological polar surface area (TPSA) is 78.3 Å². The Morgan fingerprint density at radius 3 is 2.62 bits per heavy atom. The highest BCUT2D eigenvalue weighted by Crippen LogP contribution is 2.14. The van der Waals surface area contributed by atoms with Gasteiger partial charge in [-0.3, -0.25) is 14.6 Å². The fourth-order valence-electron chi connectivity index (χ4n) is 3.33. The first kappa shape index (κ1) is 16.9. The Kier molecular flexibility index (Phi) is 4.52. The van der Waals surface area contributed by atoms with E-state index in [1.807, 2.05) is 0 Å². The maximum atomic E-state index is 14.0. The average Bonchev–Trinajstić information content (AvgIpc) is 3.03. The summed E-state index contributed by atoms with van der Waals surface area (Å²) in [6, 6.07) is 6.12. The van der Waals surface area contributed by atoms with Gasteiger partial charge in [-0.25, -0.2) is 4.39 Å². The van der Waals surface area contributed by atoms with Crippen LogP contribution in [-0.4, -0.2) is 51.1 Å². The lowest BCUT2D eigenvalue weighted by atomic mass is 10.1. The number of pyridine rings is 1. The molecule has 0 atom stereocenters. The van der Waals surface area contributed by atoms with Gasteiger partial charge in [0, 0.05) is 56.8 Å². The molecule has 2 aromatic heterocycles. The van der Waals surface area contributed by atoms with Crippen LogP contribution in [0.25, 0.3) is 10.9 Å². The summed E-state index contributed by atoms with van der Waals surface area (Å²) in [7, 11) is 0. The molecule has 3 aromatic rings. The number of aromatic amines is 1. The first-order valence-electron chi connectivity index (χ1n) is 8.63. The van der Waals surface area contributed by atoms with Crippen LogP contribution in [0.3, 0.4) is 0 Å². The molecular formula is C18H20FN5O2. The fourth-order valence-corrected chi connectivity index (χ4v) is 3.33. The van der Waals surface area contributed by atoms with Crippen LogP contribution in [0.15, 0.2) is 33.6 Å². The van der Waals surface area contributed by atoms with Gasteiger partial charge in [-0.05, 0) is 12.1 Å². The summed E-state index contributed by atoms with van der Waals surface area (Å²) >= 11 is 0. The van der Waals surface area contributed by atoms with Crippen LogP contribution in [0.4, 0.5) is 4.39 Å². The van der Waals surface area contributed by atoms with E-state index in [4.69, 9.17) is 4.52 Å². The van der Waals surface area contributed by atoms with Gasteiger partial charge in [-0.2, -0.15) is 4.98 Å². The highest BCUT2D eigenvalue weighted by Gasteiger charge is 2.19. The molecule has 1 N–H and O–H groups in total. The Bertz CT molecular complexity index is 975. The minimum absolute atomic E-state index is 0.153. The van der Waals surface area contributed by atoms with E-state index in [9.17, 15) is 9.18 Å². The van der Waals surface area contributed by atoms with Crippen molar-refractivity contribution in [2.24, 2.45) is 0 Å². The van der Waals surface area contributed by atoms with Crippen LogP contribution >= 0.6 is 0 Å². The number of nitrogens with one attached hydrogen (secondary N) is 1. The molecule has 0 saturated carbocycles. The summed E-state index contributed by atoms with van der Waals surface area (Å²) < 4.78 is 19.0. The summed E-state index contributed by atoms with van der Waals surface area (Å²) in [5.74, 6) is 0.873. The molecule has 7 nitrogen and oxygen atoms in total. The van der Waals surface area contributed by atoms with Crippen LogP contribution in [0.2, 0.25) is 0 Å². The molecule has 4 rings (SSSR count). The van der Waals surface area contributed by atoms with Crippen molar-refractivity contribution in [2.45, 2.75) is 20.0 Å². The minimum Gasteiger partial charge on any atom is -0.355 e. The second kappa shape index (κ2) is 6.97. The second-order valence-corrected chi connectivity index (χ2v) is 6.60. The molecule has 0 unspecified atom stereocenters. The Labute approximate surface area is 149 Å². The lowest BCUT2D eigenvalue weighted by Gasteiger charge is -2.33. The van der Waals surface area contributed by atoms with Gasteiger partial charge in [-0.1, -0.05) is 11.2 Å². The van der Waals surface area contributed by atoms with E-state index in [1.165, 1.54) is 6.07 Å². The third kappa shape index (κ3) is 3.51. The van der Waals surface area contributed by atoms with Crippen LogP contribution in [0.5, 0.6) is 0 Å². The predicted molar refractivity (Wildman–Crippen MR) is 94.1 cm³/mol. The summed E-state index contributed by atoms with van der Waals surface area (Å²) in [5.41, 5.74) is 0.857. The van der Waals surface area contributed by atoms with Crippen molar-refractivity contribution in [1.29, 1.82) is 0 Å². The maximum Gasteiger partial charge on any atom is 0.223 e. The summed E-state index contributed by atoms with van der Waals surface area (Å²) in [6.45, 7) is 6.50. The van der Waals surface area contributed by atoms with Gasteiger partial charge < -0.3 is 9.51 Å². The number of H-pyrrole nitrogens is 1. The molecule has 8 heteroatoms. The number of hydrogen-bond acceptors (Lipinski definition) is 6. The van der Waals surface area contributed by atoms with E-state index in [1.54, 1.807) is 25.1 Å². The zero-order chi connectivity index (χ0) is 18.1. The number of nitrogens with zero attached hydrogens (tertiary/aromatic N) is 4. The van der Waals surface area contributed by atoms with Gasteiger partial charge in [0.05, 0.1) is 12.1 Å². The number of hydrogen-bond donors (Lipinski definition) is 1. The first-order chi connectivity index (χ1) is 12.6. The third-order valence-electron chi connectivity index (χ3n) is 4.66. The minimum atomic E-state index is -0.401. The van der Waals surface area contributed by atoms with Crippen LogP contribution in [-0.2, 0) is 13.1 Å². The van der Waals surface area contributed by atoms with Gasteiger partial charge in [-0.15, -0.1) is 0 Å².